The Bertz CT molecular complexity index is 461. The van der Waals surface area contributed by atoms with Crippen LogP contribution in [0.25, 0.3) is 5.57 Å². The number of hydrogen-bond donors (Lipinski definition) is 0. The summed E-state index contributed by atoms with van der Waals surface area (Å²) in [5, 5.41) is 0. The van der Waals surface area contributed by atoms with Crippen molar-refractivity contribution in [2.24, 2.45) is 0 Å². The normalized spacial score (nSPS) is 13.5. The number of rotatable bonds is 2. The Kier molecular flexibility index (Phi) is 4.39. The minimum absolute atomic E-state index is 0.109. The summed E-state index contributed by atoms with van der Waals surface area (Å²) in [6, 6.07) is 6.69. The van der Waals surface area contributed by atoms with Crippen LogP contribution < -0.4 is 0 Å². The molecule has 0 unspecified atom stereocenters. The van der Waals surface area contributed by atoms with Gasteiger partial charge in [0.25, 0.3) is 0 Å². The summed E-state index contributed by atoms with van der Waals surface area (Å²) in [7, 11) is 0. The van der Waals surface area contributed by atoms with E-state index in [0.717, 1.165) is 17.4 Å². The third-order valence-electron chi connectivity index (χ3n) is 3.44. The third-order valence-corrected chi connectivity index (χ3v) is 3.44. The van der Waals surface area contributed by atoms with Crippen LogP contribution in [0.3, 0.4) is 0 Å². The summed E-state index contributed by atoms with van der Waals surface area (Å²) in [5.74, 6) is 0. The zero-order chi connectivity index (χ0) is 14.8. The second kappa shape index (κ2) is 5.32. The van der Waals surface area contributed by atoms with E-state index >= 15 is 0 Å². The fourth-order valence-electron chi connectivity index (χ4n) is 1.92. The molecule has 1 aromatic rings. The lowest BCUT2D eigenvalue weighted by atomic mass is 9.79. The summed E-state index contributed by atoms with van der Waals surface area (Å²) in [4.78, 5) is 10.7. The van der Waals surface area contributed by atoms with Crippen molar-refractivity contribution in [1.82, 2.24) is 0 Å². The number of allylic oxidation sites excluding steroid dienone is 2. The highest BCUT2D eigenvalue weighted by molar-refractivity contribution is 5.81. The molecule has 0 aliphatic heterocycles. The molecule has 0 amide bonds. The van der Waals surface area contributed by atoms with Gasteiger partial charge in [-0.2, -0.15) is 0 Å². The number of benzene rings is 1. The molecule has 0 heterocycles. The molecule has 0 aromatic heterocycles. The van der Waals surface area contributed by atoms with Gasteiger partial charge in [-0.3, -0.25) is 4.79 Å². The van der Waals surface area contributed by atoms with Crippen LogP contribution in [-0.4, -0.2) is 6.29 Å². The molecule has 0 aliphatic rings. The fraction of sp³-hybridized carbons (Fsp3) is 0.500. The highest BCUT2D eigenvalue weighted by Crippen LogP contribution is 2.32. The predicted molar refractivity (Wildman–Crippen MR) is 83.6 cm³/mol. The Labute approximate surface area is 117 Å². The maximum atomic E-state index is 10.7. The molecule has 0 saturated carbocycles. The molecule has 1 heteroatoms. The van der Waals surface area contributed by atoms with Gasteiger partial charge in [0.1, 0.15) is 6.29 Å². The summed E-state index contributed by atoms with van der Waals surface area (Å²) in [6.07, 6.45) is 2.49. The van der Waals surface area contributed by atoms with E-state index in [4.69, 9.17) is 0 Å². The van der Waals surface area contributed by atoms with Gasteiger partial charge in [-0.05, 0) is 46.1 Å². The van der Waals surface area contributed by atoms with E-state index in [0.29, 0.717) is 0 Å². The van der Waals surface area contributed by atoms with Crippen molar-refractivity contribution < 1.29 is 4.79 Å². The fourth-order valence-corrected chi connectivity index (χ4v) is 1.92. The summed E-state index contributed by atoms with van der Waals surface area (Å²) >= 11 is 0. The summed E-state index contributed by atoms with van der Waals surface area (Å²) in [5.41, 5.74) is 5.01. The van der Waals surface area contributed by atoms with Crippen molar-refractivity contribution in [1.29, 1.82) is 0 Å². The van der Waals surface area contributed by atoms with E-state index in [2.05, 4.69) is 59.7 Å². The average molecular weight is 258 g/mol. The maximum absolute atomic E-state index is 10.7. The Morgan fingerprint density at radius 3 is 1.63 bits per heavy atom. The number of carbonyl (C=O) groups excluding carboxylic acids is 1. The van der Waals surface area contributed by atoms with Crippen LogP contribution in [0.15, 0.2) is 24.3 Å². The lowest BCUT2D eigenvalue weighted by Gasteiger charge is -2.26. The summed E-state index contributed by atoms with van der Waals surface area (Å²) in [6.45, 7) is 15.3. The van der Waals surface area contributed by atoms with Gasteiger partial charge < -0.3 is 0 Å². The van der Waals surface area contributed by atoms with E-state index in [1.807, 2.05) is 6.92 Å². The minimum Gasteiger partial charge on any atom is -0.299 e. The molecule has 0 spiro atoms. The number of aldehydes is 1. The van der Waals surface area contributed by atoms with Crippen LogP contribution in [0.2, 0.25) is 0 Å². The zero-order valence-corrected chi connectivity index (χ0v) is 13.3. The third kappa shape index (κ3) is 4.05. The molecule has 0 aliphatic carbocycles. The lowest BCUT2D eigenvalue weighted by Crippen LogP contribution is -2.16. The van der Waals surface area contributed by atoms with Gasteiger partial charge in [0.15, 0.2) is 0 Å². The molecule has 0 fully saturated rings. The Balaban J connectivity index is 3.50. The molecule has 0 atom stereocenters. The number of carbonyl (C=O) groups is 1. The Morgan fingerprint density at radius 1 is 0.895 bits per heavy atom. The monoisotopic (exact) mass is 258 g/mol. The SMILES string of the molecule is CC(=CC=O)c1cc(C(C)(C)C)cc(C(C)(C)C)c1. The first kappa shape index (κ1) is 15.7. The van der Waals surface area contributed by atoms with E-state index in [1.54, 1.807) is 6.08 Å². The molecule has 1 rings (SSSR count). The van der Waals surface area contributed by atoms with E-state index in [-0.39, 0.29) is 10.8 Å². The molecule has 0 saturated heterocycles. The summed E-state index contributed by atoms with van der Waals surface area (Å²) < 4.78 is 0. The van der Waals surface area contributed by atoms with Crippen LogP contribution >= 0.6 is 0 Å². The Morgan fingerprint density at radius 2 is 1.32 bits per heavy atom. The van der Waals surface area contributed by atoms with Crippen molar-refractivity contribution in [2.45, 2.75) is 59.3 Å². The standard InChI is InChI=1S/C18H26O/c1-13(8-9-19)14-10-15(17(2,3)4)12-16(11-14)18(5,6)7/h8-12H,1-7H3. The maximum Gasteiger partial charge on any atom is 0.143 e. The molecule has 0 N–H and O–H groups in total. The van der Waals surface area contributed by atoms with Gasteiger partial charge in [-0.25, -0.2) is 0 Å². The van der Waals surface area contributed by atoms with E-state index < -0.39 is 0 Å². The van der Waals surface area contributed by atoms with Crippen molar-refractivity contribution in [3.05, 3.63) is 41.0 Å². The van der Waals surface area contributed by atoms with Gasteiger partial charge in [-0.15, -0.1) is 0 Å². The molecule has 1 aromatic carbocycles. The van der Waals surface area contributed by atoms with E-state index in [9.17, 15) is 4.79 Å². The highest BCUT2D eigenvalue weighted by Gasteiger charge is 2.20. The lowest BCUT2D eigenvalue weighted by molar-refractivity contribution is -0.104. The van der Waals surface area contributed by atoms with Crippen LogP contribution in [0.5, 0.6) is 0 Å². The van der Waals surface area contributed by atoms with E-state index in [1.165, 1.54) is 11.1 Å². The van der Waals surface area contributed by atoms with Crippen molar-refractivity contribution in [3.8, 4) is 0 Å². The number of hydrogen-bond acceptors (Lipinski definition) is 1. The minimum atomic E-state index is 0.109. The van der Waals surface area contributed by atoms with Crippen LogP contribution in [-0.2, 0) is 15.6 Å². The molecule has 0 radical (unpaired) electrons. The van der Waals surface area contributed by atoms with Crippen LogP contribution in [0.4, 0.5) is 0 Å². The van der Waals surface area contributed by atoms with Crippen LogP contribution in [0.1, 0.15) is 65.2 Å². The predicted octanol–water partition coefficient (Wildman–Crippen LogP) is 4.88. The molecular formula is C18H26O. The smallest absolute Gasteiger partial charge is 0.143 e. The largest absolute Gasteiger partial charge is 0.299 e. The highest BCUT2D eigenvalue weighted by atomic mass is 16.1. The quantitative estimate of drug-likeness (QED) is 0.545. The van der Waals surface area contributed by atoms with Gasteiger partial charge in [-0.1, -0.05) is 59.7 Å². The van der Waals surface area contributed by atoms with Gasteiger partial charge in [0.05, 0.1) is 0 Å². The van der Waals surface area contributed by atoms with Gasteiger partial charge in [0.2, 0.25) is 0 Å². The topological polar surface area (TPSA) is 17.1 Å². The molecule has 19 heavy (non-hydrogen) atoms. The first-order valence-corrected chi connectivity index (χ1v) is 6.84. The molecule has 0 bridgehead atoms. The first-order valence-electron chi connectivity index (χ1n) is 6.84. The molecule has 104 valence electrons. The average Bonchev–Trinajstić information content (AvgIpc) is 2.26. The van der Waals surface area contributed by atoms with Crippen molar-refractivity contribution in [3.63, 3.8) is 0 Å². The second-order valence-electron chi connectivity index (χ2n) is 7.28. The van der Waals surface area contributed by atoms with Crippen molar-refractivity contribution in [2.75, 3.05) is 0 Å². The molecule has 1 nitrogen and oxygen atoms in total. The van der Waals surface area contributed by atoms with Gasteiger partial charge in [0, 0.05) is 0 Å². The molecular weight excluding hydrogens is 232 g/mol. The second-order valence-corrected chi connectivity index (χ2v) is 7.28. The first-order chi connectivity index (χ1) is 8.55. The van der Waals surface area contributed by atoms with Crippen molar-refractivity contribution >= 4 is 11.9 Å². The van der Waals surface area contributed by atoms with Crippen LogP contribution in [0, 0.1) is 0 Å². The van der Waals surface area contributed by atoms with Gasteiger partial charge >= 0.3 is 0 Å². The Hall–Kier alpha value is -1.37. The zero-order valence-electron chi connectivity index (χ0n) is 13.3.